The maximum atomic E-state index is 12.5. The predicted molar refractivity (Wildman–Crippen MR) is 96.6 cm³/mol. The highest BCUT2D eigenvalue weighted by atomic mass is 16.5. The molecule has 0 aromatic heterocycles. The Morgan fingerprint density at radius 1 is 1.13 bits per heavy atom. The fraction of sp³-hybridized carbons (Fsp3) is 0.947. The van der Waals surface area contributed by atoms with Crippen LogP contribution < -0.4 is 5.32 Å². The number of hydrogen-bond donors (Lipinski definition) is 1. The minimum absolute atomic E-state index is 0.0756. The van der Waals surface area contributed by atoms with Gasteiger partial charge in [-0.1, -0.05) is 34.1 Å². The number of amides is 1. The van der Waals surface area contributed by atoms with Gasteiger partial charge < -0.3 is 15.0 Å². The minimum atomic E-state index is 0.0756. The lowest BCUT2D eigenvalue weighted by molar-refractivity contribution is -0.133. The molecule has 0 saturated carbocycles. The van der Waals surface area contributed by atoms with Gasteiger partial charge in [0.15, 0.2) is 0 Å². The molecule has 1 aliphatic heterocycles. The molecule has 0 unspecified atom stereocenters. The van der Waals surface area contributed by atoms with Crippen molar-refractivity contribution < 1.29 is 9.53 Å². The molecule has 1 aliphatic rings. The second kappa shape index (κ2) is 11.0. The summed E-state index contributed by atoms with van der Waals surface area (Å²) in [7, 11) is 0. The van der Waals surface area contributed by atoms with E-state index in [9.17, 15) is 4.79 Å². The number of nitrogens with one attached hydrogen (secondary N) is 1. The average molecular weight is 327 g/mol. The summed E-state index contributed by atoms with van der Waals surface area (Å²) in [5.74, 6) is 0.323. The lowest BCUT2D eigenvalue weighted by Crippen LogP contribution is -2.37. The van der Waals surface area contributed by atoms with E-state index >= 15 is 0 Å². The quantitative estimate of drug-likeness (QED) is 0.624. The van der Waals surface area contributed by atoms with Crippen LogP contribution in [0.2, 0.25) is 0 Å². The summed E-state index contributed by atoms with van der Waals surface area (Å²) < 4.78 is 5.38. The van der Waals surface area contributed by atoms with Gasteiger partial charge >= 0.3 is 0 Å². The van der Waals surface area contributed by atoms with E-state index in [0.29, 0.717) is 18.4 Å². The lowest BCUT2D eigenvalue weighted by atomic mass is 9.91. The number of nitrogens with zero attached hydrogens (tertiary/aromatic N) is 1. The van der Waals surface area contributed by atoms with Crippen molar-refractivity contribution in [2.24, 2.45) is 5.41 Å². The van der Waals surface area contributed by atoms with Crippen LogP contribution in [-0.2, 0) is 9.53 Å². The van der Waals surface area contributed by atoms with E-state index in [-0.39, 0.29) is 5.41 Å². The first-order valence-corrected chi connectivity index (χ1v) is 9.51. The van der Waals surface area contributed by atoms with E-state index in [1.165, 1.54) is 0 Å². The molecule has 0 aromatic carbocycles. The summed E-state index contributed by atoms with van der Waals surface area (Å²) in [4.78, 5) is 14.6. The summed E-state index contributed by atoms with van der Waals surface area (Å²) in [6.45, 7) is 13.3. The van der Waals surface area contributed by atoms with Gasteiger partial charge in [-0.3, -0.25) is 4.79 Å². The Bertz CT molecular complexity index is 320. The second-order valence-electron chi connectivity index (χ2n) is 8.02. The molecule has 4 heteroatoms. The SMILES string of the molecule is CCCCN(CCCCNC1CCOCC1)C(=O)CC(C)(C)C. The summed E-state index contributed by atoms with van der Waals surface area (Å²) >= 11 is 0. The first-order valence-electron chi connectivity index (χ1n) is 9.51. The molecule has 136 valence electrons. The van der Waals surface area contributed by atoms with Crippen LogP contribution in [0, 0.1) is 5.41 Å². The Kier molecular flexibility index (Phi) is 9.80. The Morgan fingerprint density at radius 3 is 2.39 bits per heavy atom. The molecule has 1 fully saturated rings. The summed E-state index contributed by atoms with van der Waals surface area (Å²) in [5, 5.41) is 3.62. The zero-order valence-electron chi connectivity index (χ0n) is 15.8. The average Bonchev–Trinajstić information content (AvgIpc) is 2.49. The monoisotopic (exact) mass is 326 g/mol. The molecule has 1 saturated heterocycles. The molecule has 1 heterocycles. The van der Waals surface area contributed by atoms with Gasteiger partial charge in [-0.2, -0.15) is 0 Å². The first-order chi connectivity index (χ1) is 10.9. The molecule has 0 aromatic rings. The molecule has 0 bridgehead atoms. The van der Waals surface area contributed by atoms with Crippen molar-refractivity contribution in [3.8, 4) is 0 Å². The molecular formula is C19H38N2O2. The second-order valence-corrected chi connectivity index (χ2v) is 8.02. The van der Waals surface area contributed by atoms with Crippen LogP contribution in [0.25, 0.3) is 0 Å². The van der Waals surface area contributed by atoms with Gasteiger partial charge in [0.1, 0.15) is 0 Å². The Morgan fingerprint density at radius 2 is 1.78 bits per heavy atom. The van der Waals surface area contributed by atoms with Crippen molar-refractivity contribution in [3.63, 3.8) is 0 Å². The molecule has 0 atom stereocenters. The fourth-order valence-electron chi connectivity index (χ4n) is 2.91. The summed E-state index contributed by atoms with van der Waals surface area (Å²) in [6.07, 6.45) is 7.40. The topological polar surface area (TPSA) is 41.6 Å². The van der Waals surface area contributed by atoms with Gasteiger partial charge in [0.25, 0.3) is 0 Å². The summed E-state index contributed by atoms with van der Waals surface area (Å²) in [5.41, 5.74) is 0.0756. The number of carbonyl (C=O) groups excluding carboxylic acids is 1. The van der Waals surface area contributed by atoms with Crippen LogP contribution in [0.3, 0.4) is 0 Å². The van der Waals surface area contributed by atoms with Crippen LogP contribution in [0.4, 0.5) is 0 Å². The standard InChI is InChI=1S/C19H38N2O2/c1-5-6-12-21(18(22)16-19(2,3)4)13-8-7-11-20-17-9-14-23-15-10-17/h17,20H,5-16H2,1-4H3. The van der Waals surface area contributed by atoms with Crippen molar-refractivity contribution in [3.05, 3.63) is 0 Å². The molecule has 23 heavy (non-hydrogen) atoms. The Balaban J connectivity index is 2.23. The fourth-order valence-corrected chi connectivity index (χ4v) is 2.91. The number of rotatable bonds is 10. The maximum Gasteiger partial charge on any atom is 0.223 e. The molecule has 1 N–H and O–H groups in total. The van der Waals surface area contributed by atoms with Gasteiger partial charge in [0, 0.05) is 38.8 Å². The van der Waals surface area contributed by atoms with Crippen LogP contribution in [0.1, 0.15) is 72.6 Å². The summed E-state index contributed by atoms with van der Waals surface area (Å²) in [6, 6.07) is 0.627. The number of hydrogen-bond acceptors (Lipinski definition) is 3. The largest absolute Gasteiger partial charge is 0.381 e. The van der Waals surface area contributed by atoms with E-state index in [1.807, 2.05) is 0 Å². The maximum absolute atomic E-state index is 12.5. The third-order valence-corrected chi connectivity index (χ3v) is 4.32. The van der Waals surface area contributed by atoms with Crippen molar-refractivity contribution in [1.82, 2.24) is 10.2 Å². The van der Waals surface area contributed by atoms with Gasteiger partial charge in [-0.15, -0.1) is 0 Å². The van der Waals surface area contributed by atoms with Crippen molar-refractivity contribution in [2.45, 2.75) is 78.7 Å². The molecular weight excluding hydrogens is 288 g/mol. The highest BCUT2D eigenvalue weighted by Crippen LogP contribution is 2.20. The van der Waals surface area contributed by atoms with E-state index < -0.39 is 0 Å². The third kappa shape index (κ3) is 9.98. The van der Waals surface area contributed by atoms with Crippen molar-refractivity contribution in [1.29, 1.82) is 0 Å². The van der Waals surface area contributed by atoms with E-state index in [0.717, 1.165) is 71.4 Å². The van der Waals surface area contributed by atoms with Crippen LogP contribution in [0.15, 0.2) is 0 Å². The molecule has 0 radical (unpaired) electrons. The first kappa shape index (κ1) is 20.4. The zero-order chi connectivity index (χ0) is 17.1. The number of unbranched alkanes of at least 4 members (excludes halogenated alkanes) is 2. The van der Waals surface area contributed by atoms with E-state index in [4.69, 9.17) is 4.74 Å². The van der Waals surface area contributed by atoms with Crippen molar-refractivity contribution >= 4 is 5.91 Å². The normalized spacial score (nSPS) is 16.5. The molecule has 4 nitrogen and oxygen atoms in total. The van der Waals surface area contributed by atoms with Crippen LogP contribution in [0.5, 0.6) is 0 Å². The highest BCUT2D eigenvalue weighted by Gasteiger charge is 2.20. The smallest absolute Gasteiger partial charge is 0.223 e. The number of ether oxygens (including phenoxy) is 1. The minimum Gasteiger partial charge on any atom is -0.381 e. The van der Waals surface area contributed by atoms with Crippen molar-refractivity contribution in [2.75, 3.05) is 32.8 Å². The van der Waals surface area contributed by atoms with E-state index in [2.05, 4.69) is 37.9 Å². The molecule has 1 rings (SSSR count). The van der Waals surface area contributed by atoms with Gasteiger partial charge in [0.2, 0.25) is 5.91 Å². The van der Waals surface area contributed by atoms with Gasteiger partial charge in [0.05, 0.1) is 0 Å². The lowest BCUT2D eigenvalue weighted by Gasteiger charge is -2.27. The zero-order valence-corrected chi connectivity index (χ0v) is 15.8. The van der Waals surface area contributed by atoms with Gasteiger partial charge in [-0.05, 0) is 44.1 Å². The highest BCUT2D eigenvalue weighted by molar-refractivity contribution is 5.76. The molecule has 1 amide bonds. The molecule has 0 aliphatic carbocycles. The van der Waals surface area contributed by atoms with E-state index in [1.54, 1.807) is 0 Å². The van der Waals surface area contributed by atoms with Crippen LogP contribution in [-0.4, -0.2) is 49.7 Å². The van der Waals surface area contributed by atoms with Crippen LogP contribution >= 0.6 is 0 Å². The third-order valence-electron chi connectivity index (χ3n) is 4.32. The van der Waals surface area contributed by atoms with Gasteiger partial charge in [-0.25, -0.2) is 0 Å². The predicted octanol–water partition coefficient (Wildman–Crippen LogP) is 3.60. The Labute approximate surface area is 143 Å². The molecule has 0 spiro atoms. The number of carbonyl (C=O) groups is 1. The Hall–Kier alpha value is -0.610.